The Bertz CT molecular complexity index is 614. The van der Waals surface area contributed by atoms with Crippen LogP contribution in [0.3, 0.4) is 0 Å². The molecule has 4 nitrogen and oxygen atoms in total. The van der Waals surface area contributed by atoms with Crippen LogP contribution in [0.2, 0.25) is 5.15 Å². The van der Waals surface area contributed by atoms with Crippen LogP contribution >= 0.6 is 11.6 Å². The number of hydrogen-bond acceptors (Lipinski definition) is 4. The van der Waals surface area contributed by atoms with E-state index >= 15 is 0 Å². The summed E-state index contributed by atoms with van der Waals surface area (Å²) in [5.74, 6) is 3.06. The lowest BCUT2D eigenvalue weighted by molar-refractivity contribution is 0.415. The van der Waals surface area contributed by atoms with Crippen molar-refractivity contribution in [2.75, 3.05) is 12.4 Å². The minimum atomic E-state index is 0.473. The fraction of sp³-hybridized carbons (Fsp3) is 0.333. The summed E-state index contributed by atoms with van der Waals surface area (Å²) in [4.78, 5) is 8.80. The van der Waals surface area contributed by atoms with Gasteiger partial charge in [-0.15, -0.1) is 0 Å². The number of aromatic nitrogens is 2. The molecule has 104 valence electrons. The number of benzene rings is 1. The number of nitrogens with zero attached hydrogens (tertiary/aromatic N) is 2. The summed E-state index contributed by atoms with van der Waals surface area (Å²) in [5.41, 5.74) is 0.913. The van der Waals surface area contributed by atoms with Crippen LogP contribution in [0.5, 0.6) is 5.75 Å². The molecule has 1 aliphatic rings. The van der Waals surface area contributed by atoms with Gasteiger partial charge in [-0.3, -0.25) is 0 Å². The van der Waals surface area contributed by atoms with Crippen LogP contribution in [0.1, 0.15) is 18.7 Å². The summed E-state index contributed by atoms with van der Waals surface area (Å²) in [6.45, 7) is 0. The number of methoxy groups -OCH3 is 1. The van der Waals surface area contributed by atoms with Crippen molar-refractivity contribution in [1.29, 1.82) is 0 Å². The average Bonchev–Trinajstić information content (AvgIpc) is 3.22. The molecule has 0 radical (unpaired) electrons. The van der Waals surface area contributed by atoms with Crippen LogP contribution < -0.4 is 10.1 Å². The van der Waals surface area contributed by atoms with Gasteiger partial charge >= 0.3 is 0 Å². The van der Waals surface area contributed by atoms with Gasteiger partial charge in [0.2, 0.25) is 0 Å². The standard InChI is InChI=1S/C15H16ClN3O/c1-20-12-4-2-3-11(8-12)17-15-9-13(16)18-14(19-15)7-10-5-6-10/h2-4,8-10H,5-7H2,1H3,(H,17,18,19). The molecule has 0 amide bonds. The van der Waals surface area contributed by atoms with Crippen molar-refractivity contribution < 1.29 is 4.74 Å². The monoisotopic (exact) mass is 289 g/mol. The van der Waals surface area contributed by atoms with Crippen LogP contribution in [-0.4, -0.2) is 17.1 Å². The quantitative estimate of drug-likeness (QED) is 0.850. The predicted octanol–water partition coefficient (Wildman–Crippen LogP) is 3.83. The first-order chi connectivity index (χ1) is 9.72. The molecule has 0 bridgehead atoms. The summed E-state index contributed by atoms with van der Waals surface area (Å²) >= 11 is 6.06. The molecule has 0 spiro atoms. The fourth-order valence-electron chi connectivity index (χ4n) is 2.05. The molecule has 1 aromatic carbocycles. The molecular weight excluding hydrogens is 274 g/mol. The van der Waals surface area contributed by atoms with Gasteiger partial charge in [0.1, 0.15) is 22.5 Å². The lowest BCUT2D eigenvalue weighted by Gasteiger charge is -2.09. The van der Waals surface area contributed by atoms with Crippen molar-refractivity contribution in [3.05, 3.63) is 41.3 Å². The Morgan fingerprint density at radius 2 is 2.15 bits per heavy atom. The number of anilines is 2. The number of nitrogens with one attached hydrogen (secondary N) is 1. The first-order valence-corrected chi connectivity index (χ1v) is 7.05. The molecule has 1 aliphatic carbocycles. The lowest BCUT2D eigenvalue weighted by Crippen LogP contribution is -2.01. The minimum absolute atomic E-state index is 0.473. The zero-order valence-corrected chi connectivity index (χ0v) is 12.0. The lowest BCUT2D eigenvalue weighted by atomic mass is 10.3. The maximum absolute atomic E-state index is 6.06. The van der Waals surface area contributed by atoms with Crippen LogP contribution in [0, 0.1) is 5.92 Å². The molecule has 1 aromatic heterocycles. The summed E-state index contributed by atoms with van der Waals surface area (Å²) in [5, 5.41) is 3.71. The Kier molecular flexibility index (Phi) is 3.74. The highest BCUT2D eigenvalue weighted by Gasteiger charge is 2.23. The van der Waals surface area contributed by atoms with E-state index in [2.05, 4.69) is 15.3 Å². The Balaban J connectivity index is 1.79. The predicted molar refractivity (Wildman–Crippen MR) is 79.7 cm³/mol. The van der Waals surface area contributed by atoms with Gasteiger partial charge in [-0.1, -0.05) is 17.7 Å². The van der Waals surface area contributed by atoms with Crippen LogP contribution in [-0.2, 0) is 6.42 Å². The molecule has 0 saturated heterocycles. The van der Waals surface area contributed by atoms with Gasteiger partial charge < -0.3 is 10.1 Å². The molecule has 1 heterocycles. The van der Waals surface area contributed by atoms with Gasteiger partial charge in [0.25, 0.3) is 0 Å². The Hall–Kier alpha value is -1.81. The first-order valence-electron chi connectivity index (χ1n) is 6.67. The molecule has 3 rings (SSSR count). The molecular formula is C15H16ClN3O. The number of rotatable bonds is 5. The largest absolute Gasteiger partial charge is 0.497 e. The van der Waals surface area contributed by atoms with Crippen molar-refractivity contribution >= 4 is 23.1 Å². The second-order valence-corrected chi connectivity index (χ2v) is 5.38. The van der Waals surface area contributed by atoms with Crippen molar-refractivity contribution in [2.45, 2.75) is 19.3 Å². The topological polar surface area (TPSA) is 47.0 Å². The molecule has 20 heavy (non-hydrogen) atoms. The van der Waals surface area contributed by atoms with Crippen molar-refractivity contribution in [3.63, 3.8) is 0 Å². The third-order valence-corrected chi connectivity index (χ3v) is 3.45. The molecule has 5 heteroatoms. The van der Waals surface area contributed by atoms with Crippen molar-refractivity contribution in [1.82, 2.24) is 9.97 Å². The van der Waals surface area contributed by atoms with Gasteiger partial charge in [0.05, 0.1) is 7.11 Å². The maximum atomic E-state index is 6.06. The van der Waals surface area contributed by atoms with Gasteiger partial charge in [-0.25, -0.2) is 9.97 Å². The summed E-state index contributed by atoms with van der Waals surface area (Å²) in [6, 6.07) is 9.43. The highest BCUT2D eigenvalue weighted by molar-refractivity contribution is 6.29. The molecule has 0 unspecified atom stereocenters. The van der Waals surface area contributed by atoms with E-state index in [0.717, 1.165) is 29.6 Å². The highest BCUT2D eigenvalue weighted by atomic mass is 35.5. The average molecular weight is 290 g/mol. The zero-order valence-electron chi connectivity index (χ0n) is 11.3. The summed E-state index contributed by atoms with van der Waals surface area (Å²) in [7, 11) is 1.65. The number of hydrogen-bond donors (Lipinski definition) is 1. The molecule has 0 aliphatic heterocycles. The normalized spacial score (nSPS) is 14.1. The van der Waals surface area contributed by atoms with E-state index in [-0.39, 0.29) is 0 Å². The SMILES string of the molecule is COc1cccc(Nc2cc(Cl)nc(CC3CC3)n2)c1. The zero-order chi connectivity index (χ0) is 13.9. The minimum Gasteiger partial charge on any atom is -0.497 e. The summed E-state index contributed by atoms with van der Waals surface area (Å²) in [6.07, 6.45) is 3.45. The van der Waals surface area contributed by atoms with Gasteiger partial charge in [0, 0.05) is 24.2 Å². The van der Waals surface area contributed by atoms with E-state index in [4.69, 9.17) is 16.3 Å². The second-order valence-electron chi connectivity index (χ2n) is 5.00. The Morgan fingerprint density at radius 1 is 1.30 bits per heavy atom. The van der Waals surface area contributed by atoms with E-state index in [1.807, 2.05) is 24.3 Å². The van der Waals surface area contributed by atoms with Gasteiger partial charge in [-0.05, 0) is 30.9 Å². The van der Waals surface area contributed by atoms with E-state index in [0.29, 0.717) is 11.0 Å². The molecule has 1 fully saturated rings. The Labute approximate surface area is 123 Å². The van der Waals surface area contributed by atoms with E-state index in [1.54, 1.807) is 13.2 Å². The molecule has 1 N–H and O–H groups in total. The van der Waals surface area contributed by atoms with Crippen LogP contribution in [0.15, 0.2) is 30.3 Å². The number of ether oxygens (including phenoxy) is 1. The maximum Gasteiger partial charge on any atom is 0.135 e. The molecule has 2 aromatic rings. The fourth-order valence-corrected chi connectivity index (χ4v) is 2.25. The van der Waals surface area contributed by atoms with E-state index in [9.17, 15) is 0 Å². The highest BCUT2D eigenvalue weighted by Crippen LogP contribution is 2.32. The van der Waals surface area contributed by atoms with Crippen molar-refractivity contribution in [3.8, 4) is 5.75 Å². The van der Waals surface area contributed by atoms with Gasteiger partial charge in [0.15, 0.2) is 0 Å². The third-order valence-electron chi connectivity index (χ3n) is 3.25. The van der Waals surface area contributed by atoms with E-state index < -0.39 is 0 Å². The molecule has 1 saturated carbocycles. The van der Waals surface area contributed by atoms with Gasteiger partial charge in [-0.2, -0.15) is 0 Å². The third kappa shape index (κ3) is 3.39. The van der Waals surface area contributed by atoms with Crippen molar-refractivity contribution in [2.24, 2.45) is 5.92 Å². The Morgan fingerprint density at radius 3 is 2.90 bits per heavy atom. The van der Waals surface area contributed by atoms with Crippen LogP contribution in [0.4, 0.5) is 11.5 Å². The van der Waals surface area contributed by atoms with E-state index in [1.165, 1.54) is 12.8 Å². The smallest absolute Gasteiger partial charge is 0.135 e. The first kappa shape index (κ1) is 13.2. The summed E-state index contributed by atoms with van der Waals surface area (Å²) < 4.78 is 5.20. The molecule has 0 atom stereocenters. The van der Waals surface area contributed by atoms with Crippen LogP contribution in [0.25, 0.3) is 0 Å². The second kappa shape index (κ2) is 5.67. The number of halogens is 1.